The number of hydrogen-bond acceptors (Lipinski definition) is 6. The Bertz CT molecular complexity index is 847. The summed E-state index contributed by atoms with van der Waals surface area (Å²) in [5, 5.41) is 19.5. The number of aliphatic hydroxyl groups is 1. The summed E-state index contributed by atoms with van der Waals surface area (Å²) in [5.74, 6) is 1.95. The second-order valence-corrected chi connectivity index (χ2v) is 10.1. The number of sulfone groups is 1. The van der Waals surface area contributed by atoms with Crippen LogP contribution < -0.4 is 0 Å². The largest absolute Gasteiger partial charge is 0.388 e. The van der Waals surface area contributed by atoms with Gasteiger partial charge in [-0.25, -0.2) is 8.42 Å². The molecular formula is C18H25N3O3S2. The number of aliphatic hydroxyl groups excluding tert-OH is 1. The van der Waals surface area contributed by atoms with Crippen molar-refractivity contribution in [3.8, 4) is 0 Å². The highest BCUT2D eigenvalue weighted by Gasteiger charge is 2.29. The minimum absolute atomic E-state index is 0.128. The summed E-state index contributed by atoms with van der Waals surface area (Å²) < 4.78 is 25.1. The van der Waals surface area contributed by atoms with Crippen LogP contribution in [-0.2, 0) is 29.7 Å². The van der Waals surface area contributed by atoms with Crippen molar-refractivity contribution in [2.24, 2.45) is 13.0 Å². The maximum absolute atomic E-state index is 11.6. The van der Waals surface area contributed by atoms with Gasteiger partial charge >= 0.3 is 0 Å². The van der Waals surface area contributed by atoms with E-state index >= 15 is 0 Å². The quantitative estimate of drug-likeness (QED) is 0.724. The van der Waals surface area contributed by atoms with Gasteiger partial charge in [0, 0.05) is 19.2 Å². The molecule has 0 unspecified atom stereocenters. The van der Waals surface area contributed by atoms with Gasteiger partial charge < -0.3 is 9.67 Å². The molecule has 8 heteroatoms. The van der Waals surface area contributed by atoms with Crippen molar-refractivity contribution in [1.82, 2.24) is 14.8 Å². The minimum atomic E-state index is -2.87. The third-order valence-electron chi connectivity index (χ3n) is 4.87. The Kier molecular flexibility index (Phi) is 6.04. The summed E-state index contributed by atoms with van der Waals surface area (Å²) in [7, 11) is -0.982. The fourth-order valence-corrected chi connectivity index (χ4v) is 5.92. The van der Waals surface area contributed by atoms with Crippen LogP contribution in [0.3, 0.4) is 0 Å². The van der Waals surface area contributed by atoms with Crippen molar-refractivity contribution >= 4 is 21.6 Å². The molecule has 1 aromatic heterocycles. The third kappa shape index (κ3) is 4.66. The maximum atomic E-state index is 11.6. The average molecular weight is 396 g/mol. The van der Waals surface area contributed by atoms with Gasteiger partial charge in [-0.15, -0.1) is 10.2 Å². The van der Waals surface area contributed by atoms with Crippen LogP contribution in [0.1, 0.15) is 36.4 Å². The Morgan fingerprint density at radius 1 is 1.31 bits per heavy atom. The van der Waals surface area contributed by atoms with Gasteiger partial charge in [-0.1, -0.05) is 43.0 Å². The van der Waals surface area contributed by atoms with Crippen LogP contribution in [0.2, 0.25) is 0 Å². The first-order valence-corrected chi connectivity index (χ1v) is 11.7. The standard InChI is InChI=1S/C18H25N3O3S2/c1-3-13-4-6-15(7-5-13)16(22)11-25-18-20-19-17(21(18)2)10-14-8-9-26(23,24)12-14/h4-7,14,16,22H,3,8-12H2,1-2H3/t14-,16-/m0/s1. The van der Waals surface area contributed by atoms with Crippen LogP contribution in [0.15, 0.2) is 29.4 Å². The van der Waals surface area contributed by atoms with Crippen LogP contribution in [-0.4, -0.2) is 45.5 Å². The first-order valence-electron chi connectivity index (χ1n) is 8.86. The maximum Gasteiger partial charge on any atom is 0.191 e. The van der Waals surface area contributed by atoms with E-state index in [1.807, 2.05) is 35.9 Å². The lowest BCUT2D eigenvalue weighted by Crippen LogP contribution is -2.11. The number of aromatic nitrogens is 3. The SMILES string of the molecule is CCc1ccc([C@@H](O)CSc2nnc(C[C@@H]3CCS(=O)(=O)C3)n2C)cc1. The number of aryl methyl sites for hydroxylation is 1. The van der Waals surface area contributed by atoms with Crippen molar-refractivity contribution < 1.29 is 13.5 Å². The first-order chi connectivity index (χ1) is 12.4. The molecule has 6 nitrogen and oxygen atoms in total. The van der Waals surface area contributed by atoms with E-state index in [1.165, 1.54) is 17.3 Å². The summed E-state index contributed by atoms with van der Waals surface area (Å²) in [4.78, 5) is 0. The zero-order chi connectivity index (χ0) is 18.7. The van der Waals surface area contributed by atoms with E-state index in [0.29, 0.717) is 18.6 Å². The Labute approximate surface area is 159 Å². The van der Waals surface area contributed by atoms with Gasteiger partial charge in [-0.3, -0.25) is 0 Å². The molecule has 2 atom stereocenters. The molecule has 2 heterocycles. The van der Waals surface area contributed by atoms with E-state index in [9.17, 15) is 13.5 Å². The fraction of sp³-hybridized carbons (Fsp3) is 0.556. The van der Waals surface area contributed by atoms with Gasteiger partial charge in [0.2, 0.25) is 0 Å². The van der Waals surface area contributed by atoms with Crippen LogP contribution >= 0.6 is 11.8 Å². The average Bonchev–Trinajstić information content (AvgIpc) is 3.15. The monoisotopic (exact) mass is 395 g/mol. The van der Waals surface area contributed by atoms with E-state index in [4.69, 9.17) is 0 Å². The molecular weight excluding hydrogens is 370 g/mol. The second-order valence-electron chi connectivity index (χ2n) is 6.85. The lowest BCUT2D eigenvalue weighted by molar-refractivity contribution is 0.204. The summed E-state index contributed by atoms with van der Waals surface area (Å²) in [6, 6.07) is 8.01. The molecule has 0 radical (unpaired) electrons. The Morgan fingerprint density at radius 3 is 2.65 bits per heavy atom. The molecule has 1 fully saturated rings. The van der Waals surface area contributed by atoms with Gasteiger partial charge in [0.15, 0.2) is 15.0 Å². The van der Waals surface area contributed by atoms with Crippen molar-refractivity contribution in [2.75, 3.05) is 17.3 Å². The summed E-state index contributed by atoms with van der Waals surface area (Å²) >= 11 is 1.46. The number of benzene rings is 1. The molecule has 2 aromatic rings. The fourth-order valence-electron chi connectivity index (χ4n) is 3.16. The molecule has 3 rings (SSSR count). The van der Waals surface area contributed by atoms with Gasteiger partial charge in [0.25, 0.3) is 0 Å². The first kappa shape index (κ1) is 19.4. The summed E-state index contributed by atoms with van der Waals surface area (Å²) in [6.45, 7) is 2.11. The molecule has 0 amide bonds. The Hall–Kier alpha value is -1.38. The molecule has 0 saturated carbocycles. The molecule has 1 aliphatic heterocycles. The molecule has 26 heavy (non-hydrogen) atoms. The van der Waals surface area contributed by atoms with Crippen LogP contribution in [0.4, 0.5) is 0 Å². The molecule has 0 spiro atoms. The molecule has 142 valence electrons. The van der Waals surface area contributed by atoms with E-state index in [2.05, 4.69) is 17.1 Å². The predicted molar refractivity (Wildman–Crippen MR) is 103 cm³/mol. The van der Waals surface area contributed by atoms with E-state index in [1.54, 1.807) is 0 Å². The van der Waals surface area contributed by atoms with Crippen LogP contribution in [0.25, 0.3) is 0 Å². The molecule has 1 aliphatic rings. The predicted octanol–water partition coefficient (Wildman–Crippen LogP) is 2.18. The van der Waals surface area contributed by atoms with Crippen molar-refractivity contribution in [3.05, 3.63) is 41.2 Å². The highest BCUT2D eigenvalue weighted by molar-refractivity contribution is 7.99. The van der Waals surface area contributed by atoms with Crippen molar-refractivity contribution in [2.45, 2.75) is 37.4 Å². The van der Waals surface area contributed by atoms with Gasteiger partial charge in [0.05, 0.1) is 17.6 Å². The highest BCUT2D eigenvalue weighted by Crippen LogP contribution is 2.26. The number of thioether (sulfide) groups is 1. The number of hydrogen-bond donors (Lipinski definition) is 1. The van der Waals surface area contributed by atoms with Crippen LogP contribution in [0.5, 0.6) is 0 Å². The smallest absolute Gasteiger partial charge is 0.191 e. The highest BCUT2D eigenvalue weighted by atomic mass is 32.2. The van der Waals surface area contributed by atoms with E-state index in [-0.39, 0.29) is 17.4 Å². The number of nitrogens with zero attached hydrogens (tertiary/aromatic N) is 3. The van der Waals surface area contributed by atoms with Crippen molar-refractivity contribution in [3.63, 3.8) is 0 Å². The Morgan fingerprint density at radius 2 is 2.04 bits per heavy atom. The lowest BCUT2D eigenvalue weighted by Gasteiger charge is -2.11. The minimum Gasteiger partial charge on any atom is -0.388 e. The van der Waals surface area contributed by atoms with Crippen molar-refractivity contribution in [1.29, 1.82) is 0 Å². The normalized spacial score (nSPS) is 20.3. The van der Waals surface area contributed by atoms with E-state index < -0.39 is 15.9 Å². The Balaban J connectivity index is 1.57. The zero-order valence-corrected chi connectivity index (χ0v) is 16.8. The summed E-state index contributed by atoms with van der Waals surface area (Å²) in [6.07, 6.45) is 1.75. The third-order valence-corrected chi connectivity index (χ3v) is 7.80. The summed E-state index contributed by atoms with van der Waals surface area (Å²) in [5.41, 5.74) is 2.15. The van der Waals surface area contributed by atoms with Gasteiger partial charge in [-0.05, 0) is 29.9 Å². The topological polar surface area (TPSA) is 85.1 Å². The molecule has 1 aromatic carbocycles. The lowest BCUT2D eigenvalue weighted by atomic mass is 10.1. The van der Waals surface area contributed by atoms with Gasteiger partial charge in [0.1, 0.15) is 5.82 Å². The second kappa shape index (κ2) is 8.10. The van der Waals surface area contributed by atoms with E-state index in [0.717, 1.165) is 23.0 Å². The van der Waals surface area contributed by atoms with Gasteiger partial charge in [-0.2, -0.15) is 0 Å². The number of rotatable bonds is 7. The molecule has 0 bridgehead atoms. The molecule has 1 N–H and O–H groups in total. The molecule has 1 saturated heterocycles. The molecule has 0 aliphatic carbocycles. The van der Waals surface area contributed by atoms with Crippen LogP contribution in [0, 0.1) is 5.92 Å². The zero-order valence-electron chi connectivity index (χ0n) is 15.1.